The van der Waals surface area contributed by atoms with Crippen molar-refractivity contribution in [1.29, 1.82) is 0 Å². The van der Waals surface area contributed by atoms with Gasteiger partial charge in [-0.15, -0.1) is 0 Å². The summed E-state index contributed by atoms with van der Waals surface area (Å²) in [7, 11) is 2.03. The lowest BCUT2D eigenvalue weighted by Crippen LogP contribution is -2.60. The van der Waals surface area contributed by atoms with Crippen molar-refractivity contribution in [3.63, 3.8) is 0 Å². The monoisotopic (exact) mass is 397 g/mol. The van der Waals surface area contributed by atoms with Crippen molar-refractivity contribution < 1.29 is 14.3 Å². The fraction of sp³-hybridized carbons (Fsp3) is 0.652. The van der Waals surface area contributed by atoms with Gasteiger partial charge in [0, 0.05) is 50.1 Å². The molecular weight excluding hydrogens is 366 g/mol. The molecule has 0 bridgehead atoms. The molecule has 6 nitrogen and oxygen atoms in total. The molecule has 6 heteroatoms. The molecule has 5 rings (SSSR count). The van der Waals surface area contributed by atoms with Gasteiger partial charge in [-0.2, -0.15) is 0 Å². The number of likely N-dealkylation sites (tertiary alicyclic amines) is 2. The third kappa shape index (κ3) is 3.36. The highest BCUT2D eigenvalue weighted by Crippen LogP contribution is 2.42. The average molecular weight is 398 g/mol. The molecule has 0 atom stereocenters. The number of fused-ring (bicyclic) bond motifs is 1. The van der Waals surface area contributed by atoms with E-state index in [1.807, 2.05) is 30.1 Å². The molecule has 0 aromatic heterocycles. The van der Waals surface area contributed by atoms with Crippen LogP contribution in [-0.2, 0) is 4.79 Å². The minimum absolute atomic E-state index is 0.0979. The van der Waals surface area contributed by atoms with E-state index in [1.54, 1.807) is 0 Å². The molecule has 1 saturated carbocycles. The Morgan fingerprint density at radius 3 is 2.59 bits per heavy atom. The van der Waals surface area contributed by atoms with Gasteiger partial charge in [-0.25, -0.2) is 0 Å². The molecule has 29 heavy (non-hydrogen) atoms. The van der Waals surface area contributed by atoms with Crippen LogP contribution in [-0.4, -0.2) is 68.0 Å². The van der Waals surface area contributed by atoms with E-state index in [0.717, 1.165) is 69.0 Å². The Kier molecular flexibility index (Phi) is 4.67. The number of likely N-dealkylation sites (N-methyl/N-ethyl adjacent to an activating group) is 1. The van der Waals surface area contributed by atoms with Gasteiger partial charge in [0.15, 0.2) is 0 Å². The summed E-state index contributed by atoms with van der Waals surface area (Å²) in [5, 5.41) is 0. The lowest BCUT2D eigenvalue weighted by Gasteiger charge is -2.49. The van der Waals surface area contributed by atoms with Gasteiger partial charge < -0.3 is 19.4 Å². The smallest absolute Gasteiger partial charge is 0.253 e. The third-order valence-corrected chi connectivity index (χ3v) is 7.35. The summed E-state index contributed by atoms with van der Waals surface area (Å²) < 4.78 is 5.69. The number of carbonyl (C=O) groups is 2. The van der Waals surface area contributed by atoms with Gasteiger partial charge in [0.1, 0.15) is 12.4 Å². The van der Waals surface area contributed by atoms with Crippen LogP contribution in [0.5, 0.6) is 5.75 Å². The molecule has 1 aliphatic carbocycles. The normalized spacial score (nSPS) is 23.6. The maximum absolute atomic E-state index is 13.1. The standard InChI is InChI=1S/C23H31N3O3/c1-24-11-12-29-20-8-7-18(13-19(20)24)22(28)25-10-9-23(14-25)15-26(16-23)21(27)17-5-3-2-4-6-17/h7-8,13,17H,2-6,9-12,14-16H2,1H3. The van der Waals surface area contributed by atoms with Gasteiger partial charge in [-0.3, -0.25) is 9.59 Å². The molecule has 156 valence electrons. The summed E-state index contributed by atoms with van der Waals surface area (Å²) in [5.74, 6) is 1.55. The molecule has 0 N–H and O–H groups in total. The number of anilines is 1. The molecule has 1 spiro atoms. The lowest BCUT2D eigenvalue weighted by molar-refractivity contribution is -0.148. The Labute approximate surface area is 172 Å². The first kappa shape index (κ1) is 18.8. The van der Waals surface area contributed by atoms with Crippen LogP contribution < -0.4 is 9.64 Å². The molecule has 2 saturated heterocycles. The number of ether oxygens (including phenoxy) is 1. The van der Waals surface area contributed by atoms with Gasteiger partial charge >= 0.3 is 0 Å². The number of benzene rings is 1. The van der Waals surface area contributed by atoms with Crippen LogP contribution in [0.2, 0.25) is 0 Å². The topological polar surface area (TPSA) is 53.1 Å². The Balaban J connectivity index is 1.21. The van der Waals surface area contributed by atoms with E-state index in [1.165, 1.54) is 19.3 Å². The number of amides is 2. The Hall–Kier alpha value is -2.24. The van der Waals surface area contributed by atoms with Crippen molar-refractivity contribution in [2.24, 2.45) is 11.3 Å². The van der Waals surface area contributed by atoms with Crippen molar-refractivity contribution in [3.8, 4) is 5.75 Å². The van der Waals surface area contributed by atoms with Gasteiger partial charge in [0.05, 0.1) is 12.2 Å². The lowest BCUT2D eigenvalue weighted by atomic mass is 9.77. The quantitative estimate of drug-likeness (QED) is 0.770. The molecule has 3 heterocycles. The molecule has 4 aliphatic rings. The van der Waals surface area contributed by atoms with E-state index in [-0.39, 0.29) is 17.2 Å². The molecule has 2 amide bonds. The molecule has 3 aliphatic heterocycles. The molecular formula is C23H31N3O3. The Bertz CT molecular complexity index is 812. The van der Waals surface area contributed by atoms with E-state index in [0.29, 0.717) is 12.5 Å². The predicted octanol–water partition coefficient (Wildman–Crippen LogP) is 2.77. The van der Waals surface area contributed by atoms with Gasteiger partial charge in [-0.05, 0) is 37.5 Å². The van der Waals surface area contributed by atoms with Gasteiger partial charge in [-0.1, -0.05) is 19.3 Å². The number of carbonyl (C=O) groups excluding carboxylic acids is 2. The first-order valence-electron chi connectivity index (χ1n) is 11.1. The first-order valence-corrected chi connectivity index (χ1v) is 11.1. The molecule has 3 fully saturated rings. The second-order valence-corrected chi connectivity index (χ2v) is 9.46. The zero-order valence-electron chi connectivity index (χ0n) is 17.4. The number of rotatable bonds is 2. The zero-order valence-corrected chi connectivity index (χ0v) is 17.4. The predicted molar refractivity (Wildman–Crippen MR) is 111 cm³/mol. The van der Waals surface area contributed by atoms with Crippen molar-refractivity contribution in [3.05, 3.63) is 23.8 Å². The summed E-state index contributed by atoms with van der Waals surface area (Å²) in [6.07, 6.45) is 6.78. The van der Waals surface area contributed by atoms with Crippen LogP contribution in [0.25, 0.3) is 0 Å². The summed E-state index contributed by atoms with van der Waals surface area (Å²) in [6, 6.07) is 5.75. The van der Waals surface area contributed by atoms with Crippen LogP contribution in [0, 0.1) is 11.3 Å². The van der Waals surface area contributed by atoms with Crippen molar-refractivity contribution in [2.75, 3.05) is 51.3 Å². The number of hydrogen-bond donors (Lipinski definition) is 0. The van der Waals surface area contributed by atoms with Gasteiger partial charge in [0.2, 0.25) is 5.91 Å². The van der Waals surface area contributed by atoms with E-state index < -0.39 is 0 Å². The van der Waals surface area contributed by atoms with Crippen LogP contribution in [0.3, 0.4) is 0 Å². The van der Waals surface area contributed by atoms with E-state index in [9.17, 15) is 9.59 Å². The maximum Gasteiger partial charge on any atom is 0.253 e. The largest absolute Gasteiger partial charge is 0.490 e. The summed E-state index contributed by atoms with van der Waals surface area (Å²) >= 11 is 0. The van der Waals surface area contributed by atoms with E-state index >= 15 is 0 Å². The first-order chi connectivity index (χ1) is 14.0. The number of hydrogen-bond acceptors (Lipinski definition) is 4. The SMILES string of the molecule is CN1CCOc2ccc(C(=O)N3CCC4(C3)CN(C(=O)C3CCCCC3)C4)cc21. The summed E-state index contributed by atoms with van der Waals surface area (Å²) in [5.41, 5.74) is 1.84. The highest BCUT2D eigenvalue weighted by Gasteiger charge is 2.51. The van der Waals surface area contributed by atoms with Crippen LogP contribution >= 0.6 is 0 Å². The minimum Gasteiger partial charge on any atom is -0.490 e. The highest BCUT2D eigenvalue weighted by molar-refractivity contribution is 5.96. The summed E-state index contributed by atoms with van der Waals surface area (Å²) in [6.45, 7) is 4.72. The van der Waals surface area contributed by atoms with Crippen LogP contribution in [0.1, 0.15) is 48.9 Å². The molecule has 0 unspecified atom stereocenters. The van der Waals surface area contributed by atoms with E-state index in [4.69, 9.17) is 4.74 Å². The number of nitrogens with zero attached hydrogens (tertiary/aromatic N) is 3. The van der Waals surface area contributed by atoms with Crippen LogP contribution in [0.4, 0.5) is 5.69 Å². The second-order valence-electron chi connectivity index (χ2n) is 9.46. The fourth-order valence-electron chi connectivity index (χ4n) is 5.56. The Morgan fingerprint density at radius 2 is 1.79 bits per heavy atom. The molecule has 1 aromatic rings. The second kappa shape index (κ2) is 7.22. The molecule has 1 aromatic carbocycles. The van der Waals surface area contributed by atoms with Crippen LogP contribution in [0.15, 0.2) is 18.2 Å². The zero-order chi connectivity index (χ0) is 20.0. The van der Waals surface area contributed by atoms with Crippen molar-refractivity contribution >= 4 is 17.5 Å². The van der Waals surface area contributed by atoms with Crippen molar-refractivity contribution in [1.82, 2.24) is 9.80 Å². The summed E-state index contributed by atoms with van der Waals surface area (Å²) in [4.78, 5) is 32.0. The minimum atomic E-state index is 0.0979. The average Bonchev–Trinajstić information content (AvgIpc) is 3.18. The van der Waals surface area contributed by atoms with E-state index in [2.05, 4.69) is 9.80 Å². The highest BCUT2D eigenvalue weighted by atomic mass is 16.5. The fourth-order valence-corrected chi connectivity index (χ4v) is 5.56. The molecule has 0 radical (unpaired) electrons. The maximum atomic E-state index is 13.1. The van der Waals surface area contributed by atoms with Gasteiger partial charge in [0.25, 0.3) is 5.91 Å². The third-order valence-electron chi connectivity index (χ3n) is 7.35. The Morgan fingerprint density at radius 1 is 1.03 bits per heavy atom. The van der Waals surface area contributed by atoms with Crippen molar-refractivity contribution in [2.45, 2.75) is 38.5 Å².